The van der Waals surface area contributed by atoms with Gasteiger partial charge < -0.3 is 10.1 Å². The second kappa shape index (κ2) is 5.54. The average Bonchev–Trinajstić information content (AvgIpc) is 2.41. The van der Waals surface area contributed by atoms with Crippen molar-refractivity contribution in [2.45, 2.75) is 59.6 Å². The van der Waals surface area contributed by atoms with Crippen molar-refractivity contribution >= 4 is 5.69 Å². The van der Waals surface area contributed by atoms with E-state index in [9.17, 15) is 0 Å². The van der Waals surface area contributed by atoms with Crippen LogP contribution in [-0.4, -0.2) is 18.8 Å². The van der Waals surface area contributed by atoms with Crippen LogP contribution in [0.2, 0.25) is 0 Å². The van der Waals surface area contributed by atoms with Crippen LogP contribution in [-0.2, 0) is 4.74 Å². The van der Waals surface area contributed by atoms with E-state index in [1.165, 1.54) is 16.8 Å². The van der Waals surface area contributed by atoms with Gasteiger partial charge in [-0.05, 0) is 50.8 Å². The number of nitrogens with one attached hydrogen (secondary N) is 1. The molecule has 1 saturated carbocycles. The Morgan fingerprint density at radius 3 is 2.68 bits per heavy atom. The molecule has 0 amide bonds. The van der Waals surface area contributed by atoms with Gasteiger partial charge in [-0.1, -0.05) is 26.0 Å². The Kier molecular flexibility index (Phi) is 4.19. The van der Waals surface area contributed by atoms with Gasteiger partial charge in [0.15, 0.2) is 0 Å². The van der Waals surface area contributed by atoms with Crippen LogP contribution in [0.5, 0.6) is 0 Å². The molecule has 0 bridgehead atoms. The van der Waals surface area contributed by atoms with Crippen molar-refractivity contribution in [2.75, 3.05) is 11.9 Å². The molecular weight excluding hydrogens is 234 g/mol. The molecule has 19 heavy (non-hydrogen) atoms. The molecule has 1 aliphatic rings. The van der Waals surface area contributed by atoms with Crippen molar-refractivity contribution < 1.29 is 4.74 Å². The van der Waals surface area contributed by atoms with Crippen molar-refractivity contribution in [2.24, 2.45) is 5.41 Å². The van der Waals surface area contributed by atoms with Gasteiger partial charge in [0.25, 0.3) is 0 Å². The number of ether oxygens (including phenoxy) is 1. The Morgan fingerprint density at radius 2 is 2.05 bits per heavy atom. The first-order chi connectivity index (χ1) is 9.02. The summed E-state index contributed by atoms with van der Waals surface area (Å²) < 4.78 is 5.87. The zero-order chi connectivity index (χ0) is 14.0. The summed E-state index contributed by atoms with van der Waals surface area (Å²) in [5, 5.41) is 3.74. The molecule has 106 valence electrons. The van der Waals surface area contributed by atoms with Gasteiger partial charge in [-0.25, -0.2) is 0 Å². The zero-order valence-electron chi connectivity index (χ0n) is 12.9. The fraction of sp³-hybridized carbons (Fsp3) is 0.647. The van der Waals surface area contributed by atoms with Gasteiger partial charge in [-0.3, -0.25) is 0 Å². The van der Waals surface area contributed by atoms with Crippen LogP contribution >= 0.6 is 0 Å². The molecule has 1 aromatic carbocycles. The van der Waals surface area contributed by atoms with Crippen molar-refractivity contribution in [3.63, 3.8) is 0 Å². The van der Waals surface area contributed by atoms with Crippen LogP contribution in [0.4, 0.5) is 5.69 Å². The van der Waals surface area contributed by atoms with Gasteiger partial charge in [0.05, 0.1) is 6.10 Å². The molecule has 2 nitrogen and oxygen atoms in total. The third kappa shape index (κ3) is 2.51. The SMILES string of the molecule is CCOC1CC(Nc2cccc(C)c2C)C1(C)CC. The summed E-state index contributed by atoms with van der Waals surface area (Å²) >= 11 is 0. The van der Waals surface area contributed by atoms with Crippen molar-refractivity contribution in [1.29, 1.82) is 0 Å². The Bertz CT molecular complexity index is 443. The lowest BCUT2D eigenvalue weighted by Gasteiger charge is -2.54. The van der Waals surface area contributed by atoms with Crippen molar-refractivity contribution in [1.82, 2.24) is 0 Å². The van der Waals surface area contributed by atoms with Gasteiger partial charge in [0.1, 0.15) is 0 Å². The molecule has 2 rings (SSSR count). The summed E-state index contributed by atoms with van der Waals surface area (Å²) in [6.07, 6.45) is 2.68. The fourth-order valence-corrected chi connectivity index (χ4v) is 3.07. The molecule has 0 saturated heterocycles. The lowest BCUT2D eigenvalue weighted by atomic mass is 9.61. The van der Waals surface area contributed by atoms with E-state index in [1.54, 1.807) is 0 Å². The number of hydrogen-bond donors (Lipinski definition) is 1. The summed E-state index contributed by atoms with van der Waals surface area (Å²) in [5.41, 5.74) is 4.25. The molecule has 1 N–H and O–H groups in total. The fourth-order valence-electron chi connectivity index (χ4n) is 3.07. The van der Waals surface area contributed by atoms with Gasteiger partial charge in [0, 0.05) is 23.8 Å². The number of rotatable bonds is 5. The lowest BCUT2D eigenvalue weighted by Crippen LogP contribution is -2.59. The molecule has 1 aliphatic carbocycles. The standard InChI is InChI=1S/C17H27NO/c1-6-17(5)15(11-16(17)19-7-2)18-14-10-8-9-12(3)13(14)4/h8-10,15-16,18H,6-7,11H2,1-5H3. The highest BCUT2D eigenvalue weighted by Crippen LogP contribution is 2.47. The molecule has 0 heterocycles. The van der Waals surface area contributed by atoms with Crippen LogP contribution in [0.15, 0.2) is 18.2 Å². The summed E-state index contributed by atoms with van der Waals surface area (Å²) in [6.45, 7) is 11.9. The van der Waals surface area contributed by atoms with Gasteiger partial charge >= 0.3 is 0 Å². The molecule has 1 aromatic rings. The summed E-state index contributed by atoms with van der Waals surface area (Å²) in [6, 6.07) is 7.01. The maximum absolute atomic E-state index is 5.87. The van der Waals surface area contributed by atoms with E-state index in [4.69, 9.17) is 4.74 Å². The molecule has 0 aliphatic heterocycles. The Labute approximate surface area is 117 Å². The van der Waals surface area contributed by atoms with Gasteiger partial charge in [-0.15, -0.1) is 0 Å². The number of anilines is 1. The zero-order valence-corrected chi connectivity index (χ0v) is 12.9. The van der Waals surface area contributed by atoms with Crippen LogP contribution in [0.3, 0.4) is 0 Å². The van der Waals surface area contributed by atoms with Crippen LogP contribution < -0.4 is 5.32 Å². The van der Waals surface area contributed by atoms with Crippen LogP contribution in [0.25, 0.3) is 0 Å². The summed E-state index contributed by atoms with van der Waals surface area (Å²) in [4.78, 5) is 0. The minimum absolute atomic E-state index is 0.256. The number of benzene rings is 1. The molecule has 1 fully saturated rings. The monoisotopic (exact) mass is 261 g/mol. The Balaban J connectivity index is 2.10. The van der Waals surface area contributed by atoms with E-state index in [0.717, 1.165) is 19.4 Å². The molecule has 3 atom stereocenters. The average molecular weight is 261 g/mol. The first-order valence-corrected chi connectivity index (χ1v) is 7.47. The number of hydrogen-bond acceptors (Lipinski definition) is 2. The van der Waals surface area contributed by atoms with E-state index in [2.05, 4.69) is 58.1 Å². The highest BCUT2D eigenvalue weighted by Gasteiger charge is 2.51. The van der Waals surface area contributed by atoms with E-state index in [-0.39, 0.29) is 5.41 Å². The summed E-state index contributed by atoms with van der Waals surface area (Å²) in [5.74, 6) is 0. The molecule has 0 spiro atoms. The normalized spacial score (nSPS) is 29.9. The lowest BCUT2D eigenvalue weighted by molar-refractivity contribution is -0.109. The van der Waals surface area contributed by atoms with Gasteiger partial charge in [0.2, 0.25) is 0 Å². The third-order valence-electron chi connectivity index (χ3n) is 5.05. The maximum atomic E-state index is 5.87. The highest BCUT2D eigenvalue weighted by atomic mass is 16.5. The highest BCUT2D eigenvalue weighted by molar-refractivity contribution is 5.55. The third-order valence-corrected chi connectivity index (χ3v) is 5.05. The van der Waals surface area contributed by atoms with E-state index in [1.807, 2.05) is 0 Å². The van der Waals surface area contributed by atoms with Crippen molar-refractivity contribution in [3.05, 3.63) is 29.3 Å². The first-order valence-electron chi connectivity index (χ1n) is 7.47. The van der Waals surface area contributed by atoms with Crippen molar-refractivity contribution in [3.8, 4) is 0 Å². The predicted octanol–water partition coefficient (Wildman–Crippen LogP) is 4.31. The van der Waals surface area contributed by atoms with Crippen LogP contribution in [0, 0.1) is 19.3 Å². The molecule has 2 heteroatoms. The minimum Gasteiger partial charge on any atom is -0.381 e. The molecule has 0 aromatic heterocycles. The van der Waals surface area contributed by atoms with Gasteiger partial charge in [-0.2, -0.15) is 0 Å². The topological polar surface area (TPSA) is 21.3 Å². The Morgan fingerprint density at radius 1 is 1.32 bits per heavy atom. The minimum atomic E-state index is 0.256. The Hall–Kier alpha value is -1.02. The van der Waals surface area contributed by atoms with E-state index < -0.39 is 0 Å². The van der Waals surface area contributed by atoms with E-state index in [0.29, 0.717) is 12.1 Å². The smallest absolute Gasteiger partial charge is 0.0667 e. The van der Waals surface area contributed by atoms with E-state index >= 15 is 0 Å². The first kappa shape index (κ1) is 14.4. The largest absolute Gasteiger partial charge is 0.381 e. The molecule has 0 radical (unpaired) electrons. The number of aryl methyl sites for hydroxylation is 1. The predicted molar refractivity (Wildman–Crippen MR) is 81.8 cm³/mol. The van der Waals surface area contributed by atoms with Crippen LogP contribution in [0.1, 0.15) is 44.7 Å². The second-order valence-electron chi connectivity index (χ2n) is 5.98. The quantitative estimate of drug-likeness (QED) is 0.853. The second-order valence-corrected chi connectivity index (χ2v) is 5.98. The summed E-state index contributed by atoms with van der Waals surface area (Å²) in [7, 11) is 0. The maximum Gasteiger partial charge on any atom is 0.0667 e. The molecular formula is C17H27NO. The molecule has 3 unspecified atom stereocenters.